The van der Waals surface area contributed by atoms with Gasteiger partial charge in [0, 0.05) is 31.6 Å². The predicted molar refractivity (Wildman–Crippen MR) is 104 cm³/mol. The molecule has 0 spiro atoms. The van der Waals surface area contributed by atoms with Crippen molar-refractivity contribution in [2.75, 3.05) is 39.3 Å². The second-order valence-corrected chi connectivity index (χ2v) is 8.24. The minimum absolute atomic E-state index is 0.268. The molecule has 3 heteroatoms. The van der Waals surface area contributed by atoms with E-state index in [4.69, 9.17) is 0 Å². The Morgan fingerprint density at radius 2 is 1.88 bits per heavy atom. The zero-order chi connectivity index (χ0) is 17.2. The summed E-state index contributed by atoms with van der Waals surface area (Å²) in [4.78, 5) is 5.06. The van der Waals surface area contributed by atoms with Crippen LogP contribution in [0.1, 0.15) is 37.3 Å². The van der Waals surface area contributed by atoms with Crippen LogP contribution in [0.5, 0.6) is 0 Å². The SMILES string of the molecule is CC(CO)N1CC2CC=C(c3ccc(CCN4CCCC4)cc3)C2C1. The number of allylic oxidation sites excluding steroid dienone is 1. The van der Waals surface area contributed by atoms with Gasteiger partial charge in [-0.15, -0.1) is 0 Å². The number of likely N-dealkylation sites (tertiary alicyclic amines) is 2. The zero-order valence-electron chi connectivity index (χ0n) is 15.5. The van der Waals surface area contributed by atoms with Crippen molar-refractivity contribution < 1.29 is 5.11 Å². The van der Waals surface area contributed by atoms with Crippen LogP contribution in [-0.2, 0) is 6.42 Å². The lowest BCUT2D eigenvalue weighted by Crippen LogP contribution is -2.34. The van der Waals surface area contributed by atoms with E-state index < -0.39 is 0 Å². The standard InChI is InChI=1S/C22H32N2O/c1-17(16-25)24-14-20-8-9-21(22(20)15-24)19-6-4-18(5-7-19)10-13-23-11-2-3-12-23/h4-7,9,17,20,22,25H,2-3,8,10-16H2,1H3. The van der Waals surface area contributed by atoms with E-state index in [1.165, 1.54) is 56.4 Å². The first-order chi connectivity index (χ1) is 12.2. The maximum atomic E-state index is 9.44. The Kier molecular flexibility index (Phi) is 5.25. The molecule has 4 rings (SSSR count). The van der Waals surface area contributed by atoms with Gasteiger partial charge in [-0.05, 0) is 68.3 Å². The summed E-state index contributed by atoms with van der Waals surface area (Å²) < 4.78 is 0. The monoisotopic (exact) mass is 340 g/mol. The molecule has 2 saturated heterocycles. The van der Waals surface area contributed by atoms with Crippen LogP contribution >= 0.6 is 0 Å². The third kappa shape index (κ3) is 3.69. The largest absolute Gasteiger partial charge is 0.395 e. The van der Waals surface area contributed by atoms with Crippen LogP contribution in [0.2, 0.25) is 0 Å². The second kappa shape index (κ2) is 7.61. The van der Waals surface area contributed by atoms with Gasteiger partial charge in [-0.3, -0.25) is 4.90 Å². The fourth-order valence-corrected chi connectivity index (χ4v) is 4.89. The lowest BCUT2D eigenvalue weighted by Gasteiger charge is -2.23. The molecule has 1 N–H and O–H groups in total. The fraction of sp³-hybridized carbons (Fsp3) is 0.636. The molecule has 0 aromatic heterocycles. The van der Waals surface area contributed by atoms with E-state index in [-0.39, 0.29) is 6.61 Å². The summed E-state index contributed by atoms with van der Waals surface area (Å²) in [5.74, 6) is 1.41. The number of hydrogen-bond acceptors (Lipinski definition) is 3. The summed E-state index contributed by atoms with van der Waals surface area (Å²) in [5.41, 5.74) is 4.42. The molecule has 2 aliphatic heterocycles. The molecule has 1 aliphatic carbocycles. The quantitative estimate of drug-likeness (QED) is 0.862. The Morgan fingerprint density at radius 3 is 2.60 bits per heavy atom. The summed E-state index contributed by atoms with van der Waals surface area (Å²) in [5, 5.41) is 9.44. The van der Waals surface area contributed by atoms with Gasteiger partial charge in [0.15, 0.2) is 0 Å². The van der Waals surface area contributed by atoms with Crippen molar-refractivity contribution in [3.05, 3.63) is 41.5 Å². The van der Waals surface area contributed by atoms with E-state index in [1.54, 1.807) is 5.57 Å². The molecule has 0 radical (unpaired) electrons. The molecule has 3 nitrogen and oxygen atoms in total. The fourth-order valence-electron chi connectivity index (χ4n) is 4.89. The van der Waals surface area contributed by atoms with Gasteiger partial charge in [0.2, 0.25) is 0 Å². The van der Waals surface area contributed by atoms with E-state index >= 15 is 0 Å². The summed E-state index contributed by atoms with van der Waals surface area (Å²) in [6.45, 7) is 8.44. The molecule has 136 valence electrons. The zero-order valence-corrected chi connectivity index (χ0v) is 15.5. The van der Waals surface area contributed by atoms with Crippen molar-refractivity contribution in [2.24, 2.45) is 11.8 Å². The number of aliphatic hydroxyl groups excluding tert-OH is 1. The summed E-state index contributed by atoms with van der Waals surface area (Å²) in [6.07, 6.45) is 7.59. The Morgan fingerprint density at radius 1 is 1.12 bits per heavy atom. The van der Waals surface area contributed by atoms with Gasteiger partial charge in [0.1, 0.15) is 0 Å². The number of benzene rings is 1. The van der Waals surface area contributed by atoms with Crippen LogP contribution in [0.3, 0.4) is 0 Å². The first-order valence-corrected chi connectivity index (χ1v) is 10.1. The summed E-state index contributed by atoms with van der Waals surface area (Å²) in [6, 6.07) is 9.64. The average Bonchev–Trinajstić information content (AvgIpc) is 3.36. The molecule has 2 fully saturated rings. The molecule has 3 unspecified atom stereocenters. The first-order valence-electron chi connectivity index (χ1n) is 10.1. The lowest BCUT2D eigenvalue weighted by atomic mass is 9.90. The topological polar surface area (TPSA) is 26.7 Å². The van der Waals surface area contributed by atoms with Crippen LogP contribution in [0.15, 0.2) is 30.3 Å². The van der Waals surface area contributed by atoms with Crippen LogP contribution < -0.4 is 0 Å². The van der Waals surface area contributed by atoms with E-state index in [1.807, 2.05) is 0 Å². The van der Waals surface area contributed by atoms with Gasteiger partial charge in [0.25, 0.3) is 0 Å². The van der Waals surface area contributed by atoms with Gasteiger partial charge in [-0.1, -0.05) is 30.3 Å². The number of nitrogens with zero attached hydrogens (tertiary/aromatic N) is 2. The van der Waals surface area contributed by atoms with Crippen molar-refractivity contribution in [3.8, 4) is 0 Å². The van der Waals surface area contributed by atoms with Gasteiger partial charge < -0.3 is 10.0 Å². The second-order valence-electron chi connectivity index (χ2n) is 8.24. The smallest absolute Gasteiger partial charge is 0.0584 e. The maximum absolute atomic E-state index is 9.44. The van der Waals surface area contributed by atoms with Crippen molar-refractivity contribution in [3.63, 3.8) is 0 Å². The van der Waals surface area contributed by atoms with Crippen LogP contribution in [-0.4, -0.2) is 60.3 Å². The van der Waals surface area contributed by atoms with Gasteiger partial charge in [-0.25, -0.2) is 0 Å². The van der Waals surface area contributed by atoms with E-state index in [9.17, 15) is 5.11 Å². The third-order valence-corrected chi connectivity index (χ3v) is 6.60. The number of fused-ring (bicyclic) bond motifs is 1. The first kappa shape index (κ1) is 17.3. The summed E-state index contributed by atoms with van der Waals surface area (Å²) in [7, 11) is 0. The Hall–Kier alpha value is -1.16. The van der Waals surface area contributed by atoms with Crippen LogP contribution in [0, 0.1) is 11.8 Å². The highest BCUT2D eigenvalue weighted by atomic mass is 16.3. The van der Waals surface area contributed by atoms with Crippen molar-refractivity contribution >= 4 is 5.57 Å². The van der Waals surface area contributed by atoms with Crippen LogP contribution in [0.25, 0.3) is 5.57 Å². The molecule has 1 aromatic carbocycles. The molecule has 1 aromatic rings. The third-order valence-electron chi connectivity index (χ3n) is 6.60. The van der Waals surface area contributed by atoms with Gasteiger partial charge in [-0.2, -0.15) is 0 Å². The highest BCUT2D eigenvalue weighted by molar-refractivity contribution is 5.70. The van der Waals surface area contributed by atoms with Crippen molar-refractivity contribution in [1.29, 1.82) is 0 Å². The van der Waals surface area contributed by atoms with E-state index in [0.717, 1.165) is 19.0 Å². The van der Waals surface area contributed by atoms with E-state index in [2.05, 4.69) is 47.1 Å². The Bertz CT molecular complexity index is 603. The molecule has 3 aliphatic rings. The van der Waals surface area contributed by atoms with Crippen molar-refractivity contribution in [2.45, 2.75) is 38.6 Å². The average molecular weight is 341 g/mol. The minimum atomic E-state index is 0.268. The number of hydrogen-bond donors (Lipinski definition) is 1. The lowest BCUT2D eigenvalue weighted by molar-refractivity contribution is 0.153. The highest BCUT2D eigenvalue weighted by Crippen LogP contribution is 2.43. The Balaban J connectivity index is 1.37. The van der Waals surface area contributed by atoms with Crippen LogP contribution in [0.4, 0.5) is 0 Å². The number of rotatable bonds is 6. The minimum Gasteiger partial charge on any atom is -0.395 e. The Labute approximate surface area is 152 Å². The number of aliphatic hydroxyl groups is 1. The summed E-state index contributed by atoms with van der Waals surface area (Å²) >= 11 is 0. The highest BCUT2D eigenvalue weighted by Gasteiger charge is 2.39. The van der Waals surface area contributed by atoms with Crippen molar-refractivity contribution in [1.82, 2.24) is 9.80 Å². The molecule has 0 saturated carbocycles. The van der Waals surface area contributed by atoms with Gasteiger partial charge in [0.05, 0.1) is 6.61 Å². The molecule has 0 amide bonds. The molecular formula is C22H32N2O. The molecule has 3 atom stereocenters. The molecular weight excluding hydrogens is 308 g/mol. The molecule has 25 heavy (non-hydrogen) atoms. The molecule has 2 heterocycles. The maximum Gasteiger partial charge on any atom is 0.0584 e. The van der Waals surface area contributed by atoms with Gasteiger partial charge >= 0.3 is 0 Å². The predicted octanol–water partition coefficient (Wildman–Crippen LogP) is 3.04. The molecule has 0 bridgehead atoms. The van der Waals surface area contributed by atoms with E-state index in [0.29, 0.717) is 12.0 Å². The normalized spacial score (nSPS) is 28.3.